The number of thioether (sulfide) groups is 1. The molecular weight excluding hydrogens is 384 g/mol. The summed E-state index contributed by atoms with van der Waals surface area (Å²) in [7, 11) is 3.12. The van der Waals surface area contributed by atoms with Crippen LogP contribution in [-0.4, -0.2) is 52.7 Å². The van der Waals surface area contributed by atoms with Crippen LogP contribution < -0.4 is 10.9 Å². The normalized spacial score (nSPS) is 11.0. The molecule has 2 aromatic rings. The number of hydrogen-bond donors (Lipinski definition) is 1. The number of nitrogens with one attached hydrogen (secondary N) is 1. The van der Waals surface area contributed by atoms with Crippen molar-refractivity contribution in [2.24, 2.45) is 0 Å². The van der Waals surface area contributed by atoms with Crippen LogP contribution in [0.15, 0.2) is 9.95 Å². The summed E-state index contributed by atoms with van der Waals surface area (Å²) in [6, 6.07) is 0. The molecule has 0 aromatic carbocycles. The van der Waals surface area contributed by atoms with Crippen molar-refractivity contribution in [3.63, 3.8) is 0 Å². The number of nitrogens with zero attached hydrogens (tertiary/aromatic N) is 3. The molecule has 7 nitrogen and oxygen atoms in total. The predicted octanol–water partition coefficient (Wildman–Crippen LogP) is 2.17. The Morgan fingerprint density at radius 3 is 2.67 bits per heavy atom. The number of aryl methyl sites for hydroxylation is 2. The summed E-state index contributed by atoms with van der Waals surface area (Å²) in [6.07, 6.45) is 1.83. The van der Waals surface area contributed by atoms with Crippen LogP contribution >= 0.6 is 23.1 Å². The molecule has 0 radical (unpaired) electrons. The molecule has 2 rings (SSSR count). The molecule has 148 valence electrons. The smallest absolute Gasteiger partial charge is 0.263 e. The Kier molecular flexibility index (Phi) is 7.43. The van der Waals surface area contributed by atoms with E-state index in [1.165, 1.54) is 35.0 Å². The fourth-order valence-corrected chi connectivity index (χ4v) is 4.59. The van der Waals surface area contributed by atoms with E-state index in [0.29, 0.717) is 17.1 Å². The first kappa shape index (κ1) is 21.4. The molecule has 0 atom stereocenters. The van der Waals surface area contributed by atoms with E-state index < -0.39 is 0 Å². The van der Waals surface area contributed by atoms with E-state index in [-0.39, 0.29) is 29.7 Å². The lowest BCUT2D eigenvalue weighted by Gasteiger charge is -2.16. The highest BCUT2D eigenvalue weighted by Gasteiger charge is 2.19. The third-order valence-corrected chi connectivity index (χ3v) is 6.46. The maximum atomic E-state index is 13.0. The van der Waals surface area contributed by atoms with E-state index in [9.17, 15) is 14.4 Å². The minimum Gasteiger partial charge on any atom is -0.358 e. The van der Waals surface area contributed by atoms with Gasteiger partial charge in [-0.3, -0.25) is 19.0 Å². The topological polar surface area (TPSA) is 84.3 Å². The number of hydrogen-bond acceptors (Lipinski definition) is 6. The Hall–Kier alpha value is -1.87. The highest BCUT2D eigenvalue weighted by atomic mass is 32.2. The van der Waals surface area contributed by atoms with Gasteiger partial charge in [0, 0.05) is 25.5 Å². The van der Waals surface area contributed by atoms with Gasteiger partial charge in [0.1, 0.15) is 4.83 Å². The number of aromatic nitrogens is 2. The van der Waals surface area contributed by atoms with Crippen molar-refractivity contribution in [3.8, 4) is 0 Å². The number of fused-ring (bicyclic) bond motifs is 1. The lowest BCUT2D eigenvalue weighted by molar-refractivity contribution is -0.132. The van der Waals surface area contributed by atoms with E-state index >= 15 is 0 Å². The van der Waals surface area contributed by atoms with Crippen LogP contribution in [0.4, 0.5) is 0 Å². The van der Waals surface area contributed by atoms with Crippen molar-refractivity contribution in [1.82, 2.24) is 19.8 Å². The molecule has 0 bridgehead atoms. The summed E-state index contributed by atoms with van der Waals surface area (Å²) in [6.45, 7) is 6.60. The van der Waals surface area contributed by atoms with Gasteiger partial charge in [-0.25, -0.2) is 4.98 Å². The first-order chi connectivity index (χ1) is 12.8. The zero-order chi connectivity index (χ0) is 20.1. The third kappa shape index (κ3) is 4.90. The van der Waals surface area contributed by atoms with Crippen LogP contribution in [0.3, 0.4) is 0 Å². The van der Waals surface area contributed by atoms with Gasteiger partial charge in [0.25, 0.3) is 5.56 Å². The van der Waals surface area contributed by atoms with Crippen molar-refractivity contribution in [2.45, 2.75) is 45.3 Å². The minimum absolute atomic E-state index is 0.00825. The Balaban J connectivity index is 2.29. The van der Waals surface area contributed by atoms with Crippen LogP contribution in [0, 0.1) is 13.8 Å². The van der Waals surface area contributed by atoms with Crippen LogP contribution in [0.25, 0.3) is 10.2 Å². The molecule has 0 aliphatic heterocycles. The fraction of sp³-hybridized carbons (Fsp3) is 0.556. The molecule has 2 heterocycles. The van der Waals surface area contributed by atoms with Gasteiger partial charge >= 0.3 is 0 Å². The molecular formula is C18H26N4O3S2. The van der Waals surface area contributed by atoms with Crippen LogP contribution in [0.5, 0.6) is 0 Å². The predicted molar refractivity (Wildman–Crippen MR) is 111 cm³/mol. The average molecular weight is 411 g/mol. The van der Waals surface area contributed by atoms with Crippen LogP contribution in [-0.2, 0) is 16.1 Å². The Bertz CT molecular complexity index is 904. The molecule has 0 aliphatic carbocycles. The second-order valence-electron chi connectivity index (χ2n) is 6.38. The number of likely N-dealkylation sites (N-methyl/N-ethyl adjacent to an activating group) is 2. The van der Waals surface area contributed by atoms with E-state index in [1.54, 1.807) is 11.6 Å². The monoisotopic (exact) mass is 410 g/mol. The van der Waals surface area contributed by atoms with E-state index in [2.05, 4.69) is 17.2 Å². The Morgan fingerprint density at radius 1 is 1.33 bits per heavy atom. The van der Waals surface area contributed by atoms with E-state index in [1.807, 2.05) is 13.8 Å². The summed E-state index contributed by atoms with van der Waals surface area (Å²) in [5.74, 6) is -0.278. The lowest BCUT2D eigenvalue weighted by Crippen LogP contribution is -2.37. The van der Waals surface area contributed by atoms with Crippen LogP contribution in [0.2, 0.25) is 0 Å². The second kappa shape index (κ2) is 9.36. The van der Waals surface area contributed by atoms with E-state index in [4.69, 9.17) is 0 Å². The SMILES string of the molecule is CCCCn1c(SCC(=O)N(C)CC(=O)NC)nc2sc(C)c(C)c2c1=O. The third-order valence-electron chi connectivity index (χ3n) is 4.40. The van der Waals surface area contributed by atoms with Crippen molar-refractivity contribution in [2.75, 3.05) is 26.4 Å². The Labute approximate surface area is 167 Å². The van der Waals surface area contributed by atoms with Gasteiger partial charge in [0.15, 0.2) is 5.16 Å². The number of unbranched alkanes of at least 4 members (excludes halogenated alkanes) is 1. The van der Waals surface area contributed by atoms with Gasteiger partial charge < -0.3 is 10.2 Å². The van der Waals surface area contributed by atoms with Crippen molar-refractivity contribution >= 4 is 45.1 Å². The molecule has 0 saturated carbocycles. The van der Waals surface area contributed by atoms with Crippen LogP contribution in [0.1, 0.15) is 30.2 Å². The van der Waals surface area contributed by atoms with Gasteiger partial charge in [-0.2, -0.15) is 0 Å². The highest BCUT2D eigenvalue weighted by Crippen LogP contribution is 2.28. The number of rotatable bonds is 8. The quantitative estimate of drug-likeness (QED) is 0.533. The Morgan fingerprint density at radius 2 is 2.04 bits per heavy atom. The maximum absolute atomic E-state index is 13.0. The van der Waals surface area contributed by atoms with Gasteiger partial charge in [-0.1, -0.05) is 25.1 Å². The second-order valence-corrected chi connectivity index (χ2v) is 8.53. The molecule has 2 amide bonds. The number of carbonyl (C=O) groups excluding carboxylic acids is 2. The largest absolute Gasteiger partial charge is 0.358 e. The number of thiophene rings is 1. The fourth-order valence-electron chi connectivity index (χ4n) is 2.55. The maximum Gasteiger partial charge on any atom is 0.263 e. The summed E-state index contributed by atoms with van der Waals surface area (Å²) in [4.78, 5) is 44.6. The highest BCUT2D eigenvalue weighted by molar-refractivity contribution is 7.99. The molecule has 0 fully saturated rings. The van der Waals surface area contributed by atoms with Gasteiger partial charge in [-0.15, -0.1) is 11.3 Å². The molecule has 9 heteroatoms. The van der Waals surface area contributed by atoms with Crippen molar-refractivity contribution in [3.05, 3.63) is 20.8 Å². The minimum atomic E-state index is -0.222. The lowest BCUT2D eigenvalue weighted by atomic mass is 10.2. The molecule has 0 saturated heterocycles. The molecule has 0 unspecified atom stereocenters. The van der Waals surface area contributed by atoms with Gasteiger partial charge in [0.2, 0.25) is 11.8 Å². The summed E-state index contributed by atoms with van der Waals surface area (Å²) in [5.41, 5.74) is 0.944. The first-order valence-electron chi connectivity index (χ1n) is 8.88. The summed E-state index contributed by atoms with van der Waals surface area (Å²) in [5, 5.41) is 3.74. The van der Waals surface area contributed by atoms with Gasteiger partial charge in [0.05, 0.1) is 17.7 Å². The van der Waals surface area contributed by atoms with Crippen molar-refractivity contribution < 1.29 is 9.59 Å². The molecule has 2 aromatic heterocycles. The van der Waals surface area contributed by atoms with E-state index in [0.717, 1.165) is 28.1 Å². The zero-order valence-electron chi connectivity index (χ0n) is 16.4. The molecule has 27 heavy (non-hydrogen) atoms. The summed E-state index contributed by atoms with van der Waals surface area (Å²) < 4.78 is 1.68. The number of amides is 2. The molecule has 0 aliphatic rings. The first-order valence-corrected chi connectivity index (χ1v) is 10.7. The summed E-state index contributed by atoms with van der Waals surface area (Å²) >= 11 is 2.75. The molecule has 0 spiro atoms. The zero-order valence-corrected chi connectivity index (χ0v) is 18.1. The number of carbonyl (C=O) groups is 2. The van der Waals surface area contributed by atoms with Gasteiger partial charge in [-0.05, 0) is 25.8 Å². The molecule has 1 N–H and O–H groups in total. The standard InChI is InChI=1S/C18H26N4O3S2/c1-6-7-8-22-17(25)15-11(2)12(3)27-16(15)20-18(22)26-10-14(24)21(5)9-13(23)19-4/h6-10H2,1-5H3,(H,19,23). The average Bonchev–Trinajstić information content (AvgIpc) is 2.92. The van der Waals surface area contributed by atoms with Crippen molar-refractivity contribution in [1.29, 1.82) is 0 Å².